The SMILES string of the molecule is CCNC(C)c1ccc(N(CCC#N)C(C)C)nc1. The molecule has 0 bridgehead atoms. The Kier molecular flexibility index (Phi) is 6.31. The molecule has 0 saturated heterocycles. The number of rotatable bonds is 7. The molecular formula is C15H24N4. The van der Waals surface area contributed by atoms with Gasteiger partial charge in [-0.25, -0.2) is 4.98 Å². The van der Waals surface area contributed by atoms with Crippen molar-refractivity contribution in [3.05, 3.63) is 23.9 Å². The third-order valence-corrected chi connectivity index (χ3v) is 3.16. The fourth-order valence-electron chi connectivity index (χ4n) is 2.06. The maximum Gasteiger partial charge on any atom is 0.128 e. The van der Waals surface area contributed by atoms with Gasteiger partial charge in [0.2, 0.25) is 0 Å². The minimum atomic E-state index is 0.318. The van der Waals surface area contributed by atoms with Crippen molar-refractivity contribution in [3.8, 4) is 6.07 Å². The molecule has 1 N–H and O–H groups in total. The average Bonchev–Trinajstić information content (AvgIpc) is 2.40. The molecule has 0 radical (unpaired) electrons. The van der Waals surface area contributed by atoms with Crippen molar-refractivity contribution < 1.29 is 0 Å². The lowest BCUT2D eigenvalue weighted by Crippen LogP contribution is -2.32. The third-order valence-electron chi connectivity index (χ3n) is 3.16. The standard InChI is InChI=1S/C15H24N4/c1-5-17-13(4)14-7-8-15(18-11-14)19(12(2)3)10-6-9-16/h7-8,11-13,17H,5-6,10H2,1-4H3. The van der Waals surface area contributed by atoms with E-state index in [0.717, 1.165) is 18.9 Å². The summed E-state index contributed by atoms with van der Waals surface area (Å²) < 4.78 is 0. The van der Waals surface area contributed by atoms with Crippen molar-refractivity contribution in [1.29, 1.82) is 5.26 Å². The zero-order chi connectivity index (χ0) is 14.3. The van der Waals surface area contributed by atoms with Crippen LogP contribution in [0.4, 0.5) is 5.82 Å². The molecule has 0 spiro atoms. The fourth-order valence-corrected chi connectivity index (χ4v) is 2.06. The normalized spacial score (nSPS) is 12.2. The Hall–Kier alpha value is -1.60. The van der Waals surface area contributed by atoms with Gasteiger partial charge in [0.05, 0.1) is 12.5 Å². The van der Waals surface area contributed by atoms with Crippen molar-refractivity contribution in [2.45, 2.75) is 46.2 Å². The Balaban J connectivity index is 2.80. The summed E-state index contributed by atoms with van der Waals surface area (Å²) >= 11 is 0. The summed E-state index contributed by atoms with van der Waals surface area (Å²) in [6, 6.07) is 7.00. The van der Waals surface area contributed by atoms with Crippen LogP contribution in [0.25, 0.3) is 0 Å². The molecule has 1 heterocycles. The Morgan fingerprint density at radius 2 is 2.11 bits per heavy atom. The highest BCUT2D eigenvalue weighted by molar-refractivity contribution is 5.40. The van der Waals surface area contributed by atoms with E-state index < -0.39 is 0 Å². The first-order chi connectivity index (χ1) is 9.10. The highest BCUT2D eigenvalue weighted by atomic mass is 15.2. The van der Waals surface area contributed by atoms with E-state index in [1.807, 2.05) is 12.3 Å². The Labute approximate surface area is 116 Å². The van der Waals surface area contributed by atoms with Gasteiger partial charge in [-0.05, 0) is 38.9 Å². The first kappa shape index (κ1) is 15.5. The highest BCUT2D eigenvalue weighted by Crippen LogP contribution is 2.18. The molecule has 0 aliphatic heterocycles. The van der Waals surface area contributed by atoms with Crippen LogP contribution in [-0.2, 0) is 0 Å². The number of aromatic nitrogens is 1. The topological polar surface area (TPSA) is 52.0 Å². The van der Waals surface area contributed by atoms with Gasteiger partial charge in [-0.2, -0.15) is 5.26 Å². The molecule has 0 aliphatic rings. The molecule has 1 rings (SSSR count). The van der Waals surface area contributed by atoms with E-state index in [0.29, 0.717) is 18.5 Å². The van der Waals surface area contributed by atoms with Gasteiger partial charge in [0.25, 0.3) is 0 Å². The van der Waals surface area contributed by atoms with Gasteiger partial charge in [-0.15, -0.1) is 0 Å². The van der Waals surface area contributed by atoms with Crippen LogP contribution in [0, 0.1) is 11.3 Å². The number of nitrogens with one attached hydrogen (secondary N) is 1. The lowest BCUT2D eigenvalue weighted by atomic mass is 10.1. The van der Waals surface area contributed by atoms with Crippen molar-refractivity contribution in [1.82, 2.24) is 10.3 Å². The first-order valence-electron chi connectivity index (χ1n) is 6.93. The van der Waals surface area contributed by atoms with Crippen LogP contribution in [0.1, 0.15) is 45.7 Å². The molecule has 4 heteroatoms. The summed E-state index contributed by atoms with van der Waals surface area (Å²) in [5, 5.41) is 12.1. The van der Waals surface area contributed by atoms with Gasteiger partial charge < -0.3 is 10.2 Å². The molecule has 0 aromatic carbocycles. The van der Waals surface area contributed by atoms with Crippen LogP contribution in [0.5, 0.6) is 0 Å². The van der Waals surface area contributed by atoms with Crippen LogP contribution in [0.2, 0.25) is 0 Å². The Morgan fingerprint density at radius 1 is 1.37 bits per heavy atom. The minimum Gasteiger partial charge on any atom is -0.353 e. The molecule has 19 heavy (non-hydrogen) atoms. The molecule has 4 nitrogen and oxygen atoms in total. The van der Waals surface area contributed by atoms with E-state index in [1.54, 1.807) is 0 Å². The lowest BCUT2D eigenvalue weighted by molar-refractivity contribution is 0.595. The summed E-state index contributed by atoms with van der Waals surface area (Å²) in [5.41, 5.74) is 1.19. The van der Waals surface area contributed by atoms with E-state index >= 15 is 0 Å². The molecule has 0 fully saturated rings. The van der Waals surface area contributed by atoms with E-state index in [9.17, 15) is 0 Å². The van der Waals surface area contributed by atoms with Crippen LogP contribution in [-0.4, -0.2) is 24.1 Å². The predicted molar refractivity (Wildman–Crippen MR) is 79.0 cm³/mol. The summed E-state index contributed by atoms with van der Waals surface area (Å²) in [6.07, 6.45) is 2.44. The van der Waals surface area contributed by atoms with E-state index in [2.05, 4.69) is 55.0 Å². The molecule has 1 aromatic rings. The van der Waals surface area contributed by atoms with Gasteiger partial charge >= 0.3 is 0 Å². The third kappa shape index (κ3) is 4.53. The fraction of sp³-hybridized carbons (Fsp3) is 0.600. The lowest BCUT2D eigenvalue weighted by Gasteiger charge is -2.27. The quantitative estimate of drug-likeness (QED) is 0.819. The molecule has 0 aliphatic carbocycles. The number of hydrogen-bond acceptors (Lipinski definition) is 4. The summed E-state index contributed by atoms with van der Waals surface area (Å²) in [5.74, 6) is 0.942. The zero-order valence-electron chi connectivity index (χ0n) is 12.3. The maximum absolute atomic E-state index is 8.71. The highest BCUT2D eigenvalue weighted by Gasteiger charge is 2.12. The number of anilines is 1. The second kappa shape index (κ2) is 7.75. The van der Waals surface area contributed by atoms with Gasteiger partial charge in [0, 0.05) is 24.8 Å². The van der Waals surface area contributed by atoms with Crippen molar-refractivity contribution in [2.75, 3.05) is 18.0 Å². The zero-order valence-corrected chi connectivity index (χ0v) is 12.3. The molecule has 1 atom stereocenters. The van der Waals surface area contributed by atoms with E-state index in [1.165, 1.54) is 5.56 Å². The van der Waals surface area contributed by atoms with E-state index in [-0.39, 0.29) is 0 Å². The Morgan fingerprint density at radius 3 is 2.58 bits per heavy atom. The van der Waals surface area contributed by atoms with Crippen LogP contribution >= 0.6 is 0 Å². The maximum atomic E-state index is 8.71. The Bertz CT molecular complexity index is 405. The largest absolute Gasteiger partial charge is 0.353 e. The van der Waals surface area contributed by atoms with Crippen LogP contribution in [0.15, 0.2) is 18.3 Å². The molecule has 1 aromatic heterocycles. The number of nitrogens with zero attached hydrogens (tertiary/aromatic N) is 3. The van der Waals surface area contributed by atoms with Crippen molar-refractivity contribution >= 4 is 5.82 Å². The van der Waals surface area contributed by atoms with Gasteiger partial charge in [-0.3, -0.25) is 0 Å². The molecule has 0 saturated carbocycles. The van der Waals surface area contributed by atoms with Crippen LogP contribution < -0.4 is 10.2 Å². The van der Waals surface area contributed by atoms with Gasteiger partial charge in [0.1, 0.15) is 5.82 Å². The molecule has 104 valence electrons. The summed E-state index contributed by atoms with van der Waals surface area (Å²) in [7, 11) is 0. The van der Waals surface area contributed by atoms with E-state index in [4.69, 9.17) is 5.26 Å². The summed E-state index contributed by atoms with van der Waals surface area (Å²) in [6.45, 7) is 10.1. The van der Waals surface area contributed by atoms with Gasteiger partial charge in [-0.1, -0.05) is 13.0 Å². The smallest absolute Gasteiger partial charge is 0.128 e. The van der Waals surface area contributed by atoms with Crippen molar-refractivity contribution in [2.24, 2.45) is 0 Å². The second-order valence-corrected chi connectivity index (χ2v) is 4.92. The predicted octanol–water partition coefficient (Wildman–Crippen LogP) is 2.88. The van der Waals surface area contributed by atoms with Gasteiger partial charge in [0.15, 0.2) is 0 Å². The van der Waals surface area contributed by atoms with Crippen molar-refractivity contribution in [3.63, 3.8) is 0 Å². The summed E-state index contributed by atoms with van der Waals surface area (Å²) in [4.78, 5) is 6.69. The molecular weight excluding hydrogens is 236 g/mol. The monoisotopic (exact) mass is 260 g/mol. The molecule has 1 unspecified atom stereocenters. The first-order valence-corrected chi connectivity index (χ1v) is 6.93. The number of hydrogen-bond donors (Lipinski definition) is 1. The van der Waals surface area contributed by atoms with Crippen LogP contribution in [0.3, 0.4) is 0 Å². The number of pyridine rings is 1. The molecule has 0 amide bonds. The second-order valence-electron chi connectivity index (χ2n) is 4.92. The number of nitriles is 1. The average molecular weight is 260 g/mol. The minimum absolute atomic E-state index is 0.318.